The number of hydrogen-bond donors (Lipinski definition) is 4. The van der Waals surface area contributed by atoms with Gasteiger partial charge in [-0.15, -0.1) is 0 Å². The van der Waals surface area contributed by atoms with E-state index in [1.807, 2.05) is 0 Å². The molecule has 0 spiro atoms. The molecule has 0 saturated carbocycles. The van der Waals surface area contributed by atoms with Crippen LogP contribution in [0.15, 0.2) is 12.1 Å². The minimum atomic E-state index is -1.58. The summed E-state index contributed by atoms with van der Waals surface area (Å²) in [6.07, 6.45) is -1.73. The van der Waals surface area contributed by atoms with Crippen molar-refractivity contribution >= 4 is 11.4 Å². The van der Waals surface area contributed by atoms with Crippen LogP contribution in [0.25, 0.3) is 0 Å². The van der Waals surface area contributed by atoms with Gasteiger partial charge in [0.05, 0.1) is 10.5 Å². The van der Waals surface area contributed by atoms with Crippen molar-refractivity contribution in [3.63, 3.8) is 0 Å². The highest BCUT2D eigenvalue weighted by atomic mass is 16.6. The van der Waals surface area contributed by atoms with Crippen LogP contribution in [0, 0.1) is 10.1 Å². The molecule has 0 amide bonds. The van der Waals surface area contributed by atoms with E-state index in [0.717, 1.165) is 0 Å². The summed E-state index contributed by atoms with van der Waals surface area (Å²) in [7, 11) is 0. The van der Waals surface area contributed by atoms with E-state index in [4.69, 9.17) is 15.9 Å². The number of rotatable bonds is 4. The molecule has 0 aliphatic heterocycles. The van der Waals surface area contributed by atoms with Gasteiger partial charge in [0.1, 0.15) is 11.4 Å². The van der Waals surface area contributed by atoms with E-state index in [-0.39, 0.29) is 35.5 Å². The first-order valence-electron chi connectivity index (χ1n) is 4.54. The van der Waals surface area contributed by atoms with E-state index >= 15 is 0 Å². The molecule has 0 aliphatic rings. The SMILES string of the molecule is Nc1ccc(O)c(CCC(O)O)c1[N+](=O)[O-]. The summed E-state index contributed by atoms with van der Waals surface area (Å²) in [6.45, 7) is 0. The summed E-state index contributed by atoms with van der Waals surface area (Å²) in [5.74, 6) is -0.276. The number of phenols is 1. The Hall–Kier alpha value is -1.86. The summed E-state index contributed by atoms with van der Waals surface area (Å²) < 4.78 is 0. The maximum atomic E-state index is 10.7. The van der Waals surface area contributed by atoms with E-state index in [0.29, 0.717) is 0 Å². The molecule has 1 rings (SSSR count). The normalized spacial score (nSPS) is 10.7. The van der Waals surface area contributed by atoms with E-state index in [1.165, 1.54) is 12.1 Å². The molecule has 0 atom stereocenters. The average molecular weight is 228 g/mol. The number of benzene rings is 1. The number of nitrogen functional groups attached to an aromatic ring is 1. The standard InChI is InChI=1S/C9H12N2O5/c10-6-2-3-7(12)5(1-4-8(13)14)9(6)11(15)16/h2-3,8,12-14H,1,4,10H2. The van der Waals surface area contributed by atoms with Crippen molar-refractivity contribution in [1.82, 2.24) is 0 Å². The molecule has 88 valence electrons. The predicted molar refractivity (Wildman–Crippen MR) is 55.7 cm³/mol. The molecule has 0 fully saturated rings. The van der Waals surface area contributed by atoms with E-state index < -0.39 is 11.2 Å². The van der Waals surface area contributed by atoms with Crippen molar-refractivity contribution in [2.24, 2.45) is 0 Å². The van der Waals surface area contributed by atoms with E-state index in [9.17, 15) is 15.2 Å². The molecule has 1 aromatic rings. The zero-order valence-corrected chi connectivity index (χ0v) is 8.33. The van der Waals surface area contributed by atoms with Crippen molar-refractivity contribution in [2.45, 2.75) is 19.1 Å². The molecular weight excluding hydrogens is 216 g/mol. The second-order valence-electron chi connectivity index (χ2n) is 3.28. The first-order chi connectivity index (χ1) is 7.43. The summed E-state index contributed by atoms with van der Waals surface area (Å²) in [6, 6.07) is 2.47. The highest BCUT2D eigenvalue weighted by Gasteiger charge is 2.21. The molecule has 7 nitrogen and oxygen atoms in total. The molecule has 0 unspecified atom stereocenters. The number of anilines is 1. The van der Waals surface area contributed by atoms with Gasteiger partial charge in [-0.1, -0.05) is 0 Å². The lowest BCUT2D eigenvalue weighted by atomic mass is 10.0. The van der Waals surface area contributed by atoms with Crippen molar-refractivity contribution in [1.29, 1.82) is 0 Å². The Bertz CT molecular complexity index is 405. The number of nitro groups is 1. The van der Waals surface area contributed by atoms with Crippen LogP contribution in [0.3, 0.4) is 0 Å². The van der Waals surface area contributed by atoms with Crippen LogP contribution in [0.4, 0.5) is 11.4 Å². The third-order valence-corrected chi connectivity index (χ3v) is 2.12. The lowest BCUT2D eigenvalue weighted by Gasteiger charge is -2.08. The molecule has 0 radical (unpaired) electrons. The molecule has 0 heterocycles. The number of aliphatic hydroxyl groups is 2. The fraction of sp³-hybridized carbons (Fsp3) is 0.333. The van der Waals surface area contributed by atoms with Crippen LogP contribution in [0.2, 0.25) is 0 Å². The Labute approximate surface area is 90.9 Å². The maximum absolute atomic E-state index is 10.7. The van der Waals surface area contributed by atoms with Crippen molar-refractivity contribution in [3.8, 4) is 5.75 Å². The van der Waals surface area contributed by atoms with Gasteiger partial charge in [-0.3, -0.25) is 10.1 Å². The van der Waals surface area contributed by atoms with Gasteiger partial charge in [-0.05, 0) is 18.6 Å². The van der Waals surface area contributed by atoms with Crippen LogP contribution >= 0.6 is 0 Å². The molecule has 0 aliphatic carbocycles. The van der Waals surface area contributed by atoms with Gasteiger partial charge in [0, 0.05) is 6.42 Å². The number of nitrogens with two attached hydrogens (primary N) is 1. The largest absolute Gasteiger partial charge is 0.507 e. The highest BCUT2D eigenvalue weighted by molar-refractivity contribution is 5.66. The monoisotopic (exact) mass is 228 g/mol. The third-order valence-electron chi connectivity index (χ3n) is 2.12. The fourth-order valence-electron chi connectivity index (χ4n) is 1.38. The van der Waals surface area contributed by atoms with Crippen molar-refractivity contribution in [3.05, 3.63) is 27.8 Å². The van der Waals surface area contributed by atoms with E-state index in [2.05, 4.69) is 0 Å². The first-order valence-corrected chi connectivity index (χ1v) is 4.54. The zero-order valence-electron chi connectivity index (χ0n) is 8.33. The number of hydrogen-bond acceptors (Lipinski definition) is 6. The molecule has 16 heavy (non-hydrogen) atoms. The second kappa shape index (κ2) is 4.77. The summed E-state index contributed by atoms with van der Waals surface area (Å²) in [5.41, 5.74) is 4.98. The van der Waals surface area contributed by atoms with Gasteiger partial charge in [0.25, 0.3) is 5.69 Å². The first kappa shape index (κ1) is 12.2. The summed E-state index contributed by atoms with van der Waals surface area (Å²) in [4.78, 5) is 10.0. The summed E-state index contributed by atoms with van der Waals surface area (Å²) in [5, 5.41) is 37.5. The Morgan fingerprint density at radius 3 is 2.56 bits per heavy atom. The van der Waals surface area contributed by atoms with E-state index in [1.54, 1.807) is 0 Å². The van der Waals surface area contributed by atoms with Gasteiger partial charge in [0.15, 0.2) is 6.29 Å². The number of aliphatic hydroxyl groups excluding tert-OH is 1. The Kier molecular flexibility index (Phi) is 3.64. The van der Waals surface area contributed by atoms with Crippen molar-refractivity contribution < 1.29 is 20.2 Å². The quantitative estimate of drug-likeness (QED) is 0.190. The minimum absolute atomic E-state index is 0.0121. The van der Waals surface area contributed by atoms with Gasteiger partial charge in [-0.2, -0.15) is 0 Å². The molecule has 0 aromatic heterocycles. The lowest BCUT2D eigenvalue weighted by Crippen LogP contribution is -2.08. The Morgan fingerprint density at radius 1 is 1.44 bits per heavy atom. The van der Waals surface area contributed by atoms with Crippen LogP contribution in [-0.4, -0.2) is 26.5 Å². The van der Waals surface area contributed by atoms with Gasteiger partial charge < -0.3 is 21.1 Å². The lowest BCUT2D eigenvalue weighted by molar-refractivity contribution is -0.384. The van der Waals surface area contributed by atoms with Gasteiger partial charge in [-0.25, -0.2) is 0 Å². The fourth-order valence-corrected chi connectivity index (χ4v) is 1.38. The van der Waals surface area contributed by atoms with Gasteiger partial charge >= 0.3 is 0 Å². The van der Waals surface area contributed by atoms with Gasteiger partial charge in [0.2, 0.25) is 0 Å². The molecule has 0 saturated heterocycles. The van der Waals surface area contributed by atoms with Crippen LogP contribution in [-0.2, 0) is 6.42 Å². The van der Waals surface area contributed by atoms with Crippen LogP contribution in [0.1, 0.15) is 12.0 Å². The zero-order chi connectivity index (χ0) is 12.3. The Morgan fingerprint density at radius 2 is 2.06 bits per heavy atom. The number of aromatic hydroxyl groups is 1. The number of nitro benzene ring substituents is 1. The average Bonchev–Trinajstić information content (AvgIpc) is 2.18. The van der Waals surface area contributed by atoms with Crippen LogP contribution in [0.5, 0.6) is 5.75 Å². The third kappa shape index (κ3) is 2.59. The molecule has 1 aromatic carbocycles. The smallest absolute Gasteiger partial charge is 0.298 e. The van der Waals surface area contributed by atoms with Crippen molar-refractivity contribution in [2.75, 3.05) is 5.73 Å². The minimum Gasteiger partial charge on any atom is -0.507 e. The molecular formula is C9H12N2O5. The molecule has 0 bridgehead atoms. The molecule has 5 N–H and O–H groups in total. The number of phenolic OH excluding ortho intramolecular Hbond substituents is 1. The second-order valence-corrected chi connectivity index (χ2v) is 3.28. The topological polar surface area (TPSA) is 130 Å². The summed E-state index contributed by atoms with van der Waals surface area (Å²) >= 11 is 0. The van der Waals surface area contributed by atoms with Crippen LogP contribution < -0.4 is 5.73 Å². The highest BCUT2D eigenvalue weighted by Crippen LogP contribution is 2.34. The maximum Gasteiger partial charge on any atom is 0.298 e. The predicted octanol–water partition coefficient (Wildman–Crippen LogP) is 0.126. The number of nitrogens with zero attached hydrogens (tertiary/aromatic N) is 1. The molecule has 7 heteroatoms. The Balaban J connectivity index is 3.13.